The molecule has 0 aliphatic carbocycles. The SMILES string of the molecule is CCOC(=O)c1c(C)oc2c1c(C(c1ccncc1)N1CCOCC1)c(O)c1cc(OCCc3ccccc3)ccc12. The molecule has 0 bridgehead atoms. The summed E-state index contributed by atoms with van der Waals surface area (Å²) < 4.78 is 23.6. The van der Waals surface area contributed by atoms with Gasteiger partial charge in [-0.3, -0.25) is 9.88 Å². The third kappa shape index (κ3) is 5.31. The van der Waals surface area contributed by atoms with Crippen molar-refractivity contribution in [2.75, 3.05) is 39.5 Å². The molecule has 5 aromatic rings. The summed E-state index contributed by atoms with van der Waals surface area (Å²) in [4.78, 5) is 19.8. The van der Waals surface area contributed by atoms with E-state index in [9.17, 15) is 9.90 Å². The Morgan fingerprint density at radius 1 is 1.05 bits per heavy atom. The van der Waals surface area contributed by atoms with Gasteiger partial charge >= 0.3 is 5.97 Å². The van der Waals surface area contributed by atoms with Crippen molar-refractivity contribution in [2.45, 2.75) is 26.3 Å². The van der Waals surface area contributed by atoms with Gasteiger partial charge in [-0.1, -0.05) is 30.3 Å². The van der Waals surface area contributed by atoms with Crippen LogP contribution in [0.2, 0.25) is 0 Å². The van der Waals surface area contributed by atoms with Crippen LogP contribution < -0.4 is 4.74 Å². The zero-order chi connectivity index (χ0) is 29.1. The predicted molar refractivity (Wildman–Crippen MR) is 160 cm³/mol. The summed E-state index contributed by atoms with van der Waals surface area (Å²) in [5.74, 6) is 0.672. The van der Waals surface area contributed by atoms with Crippen molar-refractivity contribution in [3.63, 3.8) is 0 Å². The van der Waals surface area contributed by atoms with Crippen molar-refractivity contribution < 1.29 is 28.5 Å². The summed E-state index contributed by atoms with van der Waals surface area (Å²) >= 11 is 0. The number of hydrogen-bond acceptors (Lipinski definition) is 8. The molecule has 42 heavy (non-hydrogen) atoms. The molecule has 1 fully saturated rings. The van der Waals surface area contributed by atoms with Crippen molar-refractivity contribution >= 4 is 27.7 Å². The van der Waals surface area contributed by atoms with Gasteiger partial charge in [0, 0.05) is 53.6 Å². The lowest BCUT2D eigenvalue weighted by Gasteiger charge is -2.36. The molecule has 0 amide bonds. The number of hydrogen-bond donors (Lipinski definition) is 1. The standard InChI is InChI=1S/C34H34N2O6/c1-3-40-34(38)28-22(2)42-33-26-10-9-25(41-18-13-23-7-5-4-6-8-23)21-27(26)32(37)30(29(28)33)31(24-11-14-35-15-12-24)36-16-19-39-20-17-36/h4-12,14-15,21,31,37H,3,13,16-20H2,1-2H3. The molecule has 1 atom stereocenters. The van der Waals surface area contributed by atoms with Gasteiger partial charge in [0.25, 0.3) is 0 Å². The second-order valence-corrected chi connectivity index (χ2v) is 10.3. The highest BCUT2D eigenvalue weighted by molar-refractivity contribution is 6.17. The summed E-state index contributed by atoms with van der Waals surface area (Å²) in [6.45, 7) is 6.68. The highest BCUT2D eigenvalue weighted by atomic mass is 16.5. The van der Waals surface area contributed by atoms with Crippen LogP contribution in [-0.2, 0) is 15.9 Å². The van der Waals surface area contributed by atoms with E-state index in [0.717, 1.165) is 12.0 Å². The molecular weight excluding hydrogens is 532 g/mol. The van der Waals surface area contributed by atoms with Crippen molar-refractivity contribution in [3.8, 4) is 11.5 Å². The number of nitrogens with zero attached hydrogens (tertiary/aromatic N) is 2. The number of benzene rings is 3. The summed E-state index contributed by atoms with van der Waals surface area (Å²) in [5, 5.41) is 14.0. The Hall–Kier alpha value is -4.40. The zero-order valence-corrected chi connectivity index (χ0v) is 23.8. The Balaban J connectivity index is 1.54. The van der Waals surface area contributed by atoms with E-state index in [-0.39, 0.29) is 12.4 Å². The van der Waals surface area contributed by atoms with Gasteiger partial charge in [-0.25, -0.2) is 4.79 Å². The second kappa shape index (κ2) is 12.2. The summed E-state index contributed by atoms with van der Waals surface area (Å²) in [7, 11) is 0. The Morgan fingerprint density at radius 2 is 1.81 bits per heavy atom. The number of morpholine rings is 1. The highest BCUT2D eigenvalue weighted by Gasteiger charge is 2.34. The van der Waals surface area contributed by atoms with Crippen LogP contribution in [0.15, 0.2) is 77.5 Å². The van der Waals surface area contributed by atoms with Crippen molar-refractivity contribution in [2.24, 2.45) is 0 Å². The number of furan rings is 1. The minimum atomic E-state index is -0.481. The molecule has 1 saturated heterocycles. The lowest BCUT2D eigenvalue weighted by atomic mass is 9.89. The average Bonchev–Trinajstić information content (AvgIpc) is 3.37. The molecule has 3 aromatic carbocycles. The van der Waals surface area contributed by atoms with Crippen LogP contribution in [0.1, 0.15) is 45.8 Å². The predicted octanol–water partition coefficient (Wildman–Crippen LogP) is 6.21. The molecule has 1 aliphatic rings. The number of phenolic OH excluding ortho intramolecular Hbond substituents is 1. The Kier molecular flexibility index (Phi) is 8.08. The molecule has 0 spiro atoms. The second-order valence-electron chi connectivity index (χ2n) is 10.3. The van der Waals surface area contributed by atoms with Gasteiger partial charge < -0.3 is 23.7 Å². The maximum Gasteiger partial charge on any atom is 0.342 e. The van der Waals surface area contributed by atoms with Crippen LogP contribution in [0, 0.1) is 6.92 Å². The number of rotatable bonds is 9. The molecule has 0 saturated carbocycles. The van der Waals surface area contributed by atoms with Crippen LogP contribution >= 0.6 is 0 Å². The first-order chi connectivity index (χ1) is 20.6. The normalized spacial score (nSPS) is 14.7. The zero-order valence-electron chi connectivity index (χ0n) is 23.8. The first-order valence-corrected chi connectivity index (χ1v) is 14.3. The number of esters is 1. The van der Waals surface area contributed by atoms with E-state index in [4.69, 9.17) is 18.6 Å². The van der Waals surface area contributed by atoms with E-state index >= 15 is 0 Å². The van der Waals surface area contributed by atoms with Crippen LogP contribution in [0.3, 0.4) is 0 Å². The first kappa shape index (κ1) is 27.8. The smallest absolute Gasteiger partial charge is 0.342 e. The third-order valence-electron chi connectivity index (χ3n) is 7.79. The molecule has 6 rings (SSSR count). The topological polar surface area (TPSA) is 94.3 Å². The van der Waals surface area contributed by atoms with E-state index in [2.05, 4.69) is 22.0 Å². The fourth-order valence-corrected chi connectivity index (χ4v) is 5.85. The molecule has 0 radical (unpaired) electrons. The maximum atomic E-state index is 13.3. The van der Waals surface area contributed by atoms with Crippen LogP contribution in [-0.4, -0.2) is 60.5 Å². The van der Waals surface area contributed by atoms with Gasteiger partial charge in [0.1, 0.15) is 28.4 Å². The van der Waals surface area contributed by atoms with Gasteiger partial charge in [-0.05, 0) is 55.3 Å². The molecule has 3 heterocycles. The molecule has 1 unspecified atom stereocenters. The van der Waals surface area contributed by atoms with Gasteiger partial charge in [-0.2, -0.15) is 0 Å². The first-order valence-electron chi connectivity index (χ1n) is 14.3. The number of fused-ring (bicyclic) bond motifs is 3. The number of carbonyl (C=O) groups excluding carboxylic acids is 1. The van der Waals surface area contributed by atoms with Crippen molar-refractivity contribution in [1.29, 1.82) is 0 Å². The molecule has 1 N–H and O–H groups in total. The molecular formula is C34H34N2O6. The number of ether oxygens (including phenoxy) is 3. The van der Waals surface area contributed by atoms with E-state index in [1.54, 1.807) is 26.2 Å². The average molecular weight is 567 g/mol. The van der Waals surface area contributed by atoms with Crippen molar-refractivity contribution in [1.82, 2.24) is 9.88 Å². The van der Waals surface area contributed by atoms with E-state index < -0.39 is 12.0 Å². The van der Waals surface area contributed by atoms with Crippen LogP contribution in [0.4, 0.5) is 0 Å². The number of pyridine rings is 1. The lowest BCUT2D eigenvalue weighted by Crippen LogP contribution is -2.39. The Bertz CT molecular complexity index is 1690. The summed E-state index contributed by atoms with van der Waals surface area (Å²) in [6, 6.07) is 19.3. The lowest BCUT2D eigenvalue weighted by molar-refractivity contribution is 0.0238. The molecule has 216 valence electrons. The Morgan fingerprint density at radius 3 is 2.55 bits per heavy atom. The fourth-order valence-electron chi connectivity index (χ4n) is 5.85. The maximum absolute atomic E-state index is 13.3. The number of aromatic nitrogens is 1. The van der Waals surface area contributed by atoms with Crippen LogP contribution in [0.25, 0.3) is 21.7 Å². The third-order valence-corrected chi connectivity index (χ3v) is 7.79. The number of phenols is 1. The number of carbonyl (C=O) groups is 1. The van der Waals surface area contributed by atoms with Crippen molar-refractivity contribution in [3.05, 3.63) is 101 Å². The van der Waals surface area contributed by atoms with Gasteiger partial charge in [0.15, 0.2) is 0 Å². The quantitative estimate of drug-likeness (QED) is 0.210. The van der Waals surface area contributed by atoms with Crippen LogP contribution in [0.5, 0.6) is 11.5 Å². The van der Waals surface area contributed by atoms with Gasteiger partial charge in [0.2, 0.25) is 0 Å². The molecule has 8 nitrogen and oxygen atoms in total. The highest BCUT2D eigenvalue weighted by Crippen LogP contribution is 2.48. The minimum Gasteiger partial charge on any atom is -0.507 e. The molecule has 8 heteroatoms. The fraction of sp³-hybridized carbons (Fsp3) is 0.294. The minimum absolute atomic E-state index is 0.0747. The molecule has 1 aliphatic heterocycles. The van der Waals surface area contributed by atoms with Gasteiger partial charge in [0.05, 0.1) is 32.5 Å². The number of aromatic hydroxyl groups is 1. The largest absolute Gasteiger partial charge is 0.507 e. The van der Waals surface area contributed by atoms with E-state index in [1.807, 2.05) is 48.5 Å². The Labute approximate surface area is 244 Å². The van der Waals surface area contributed by atoms with Gasteiger partial charge in [-0.15, -0.1) is 0 Å². The monoisotopic (exact) mass is 566 g/mol. The summed E-state index contributed by atoms with van der Waals surface area (Å²) in [5.41, 5.74) is 3.57. The van der Waals surface area contributed by atoms with E-state index in [1.165, 1.54) is 5.56 Å². The summed E-state index contributed by atoms with van der Waals surface area (Å²) in [6.07, 6.45) is 4.24. The van der Waals surface area contributed by atoms with E-state index in [0.29, 0.717) is 77.3 Å². The number of aryl methyl sites for hydroxylation is 1. The molecule has 2 aromatic heterocycles.